The molecule has 1 atom stereocenters. The summed E-state index contributed by atoms with van der Waals surface area (Å²) in [7, 11) is 0. The van der Waals surface area contributed by atoms with E-state index in [1.54, 1.807) is 11.3 Å². The lowest BCUT2D eigenvalue weighted by Gasteiger charge is -2.28. The molecule has 1 saturated heterocycles. The number of ether oxygens (including phenoxy) is 1. The van der Waals surface area contributed by atoms with Gasteiger partial charge in [-0.3, -0.25) is 9.69 Å². The molecule has 2 aromatic heterocycles. The van der Waals surface area contributed by atoms with E-state index in [0.29, 0.717) is 6.54 Å². The molecular weight excluding hydrogens is 374 g/mol. The second-order valence-corrected chi connectivity index (χ2v) is 8.76. The summed E-state index contributed by atoms with van der Waals surface area (Å²) in [5.74, 6) is 1.06. The van der Waals surface area contributed by atoms with Crippen LogP contribution in [0.2, 0.25) is 0 Å². The van der Waals surface area contributed by atoms with E-state index < -0.39 is 0 Å². The minimum atomic E-state index is 0.162. The molecule has 2 aromatic rings. The molecule has 0 bridgehead atoms. The molecule has 0 radical (unpaired) electrons. The Balaban J connectivity index is 1.45. The van der Waals surface area contributed by atoms with Gasteiger partial charge in [0.2, 0.25) is 0 Å². The van der Waals surface area contributed by atoms with Gasteiger partial charge in [0.05, 0.1) is 17.4 Å². The van der Waals surface area contributed by atoms with Crippen molar-refractivity contribution in [3.8, 4) is 0 Å². The van der Waals surface area contributed by atoms with E-state index in [0.717, 1.165) is 69.1 Å². The Morgan fingerprint density at radius 3 is 2.96 bits per heavy atom. The molecule has 0 N–H and O–H groups in total. The van der Waals surface area contributed by atoms with Gasteiger partial charge in [0.15, 0.2) is 0 Å². The van der Waals surface area contributed by atoms with Gasteiger partial charge in [-0.05, 0) is 45.6 Å². The Hall–Kier alpha value is -1.70. The molecule has 0 spiro atoms. The molecule has 1 fully saturated rings. The van der Waals surface area contributed by atoms with Crippen molar-refractivity contribution in [3.63, 3.8) is 0 Å². The lowest BCUT2D eigenvalue weighted by atomic mass is 10.0. The third-order valence-electron chi connectivity index (χ3n) is 5.94. The van der Waals surface area contributed by atoms with Gasteiger partial charge in [-0.2, -0.15) is 0 Å². The smallest absolute Gasteiger partial charge is 0.255 e. The summed E-state index contributed by atoms with van der Waals surface area (Å²) in [6.45, 7) is 11.0. The third-order valence-corrected chi connectivity index (χ3v) is 6.95. The minimum Gasteiger partial charge on any atom is -0.376 e. The van der Waals surface area contributed by atoms with Crippen LogP contribution in [0, 0.1) is 13.8 Å². The second kappa shape index (κ2) is 8.35. The van der Waals surface area contributed by atoms with Crippen LogP contribution in [0.1, 0.15) is 57.6 Å². The van der Waals surface area contributed by atoms with Crippen LogP contribution < -0.4 is 0 Å². The number of fused-ring (bicyclic) bond motifs is 1. The van der Waals surface area contributed by atoms with Crippen LogP contribution in [0.3, 0.4) is 0 Å². The minimum absolute atomic E-state index is 0.162. The normalized spacial score (nSPS) is 19.8. The first-order valence-electron chi connectivity index (χ1n) is 10.2. The number of hydrogen-bond acceptors (Lipinski definition) is 6. The van der Waals surface area contributed by atoms with Crippen LogP contribution in [0.15, 0.2) is 9.90 Å². The number of aromatic nitrogens is 1. The van der Waals surface area contributed by atoms with Gasteiger partial charge in [0.25, 0.3) is 5.91 Å². The Morgan fingerprint density at radius 2 is 2.29 bits per heavy atom. The molecule has 2 aliphatic heterocycles. The predicted octanol–water partition coefficient (Wildman–Crippen LogP) is 3.55. The van der Waals surface area contributed by atoms with Crippen LogP contribution in [-0.2, 0) is 24.2 Å². The molecule has 28 heavy (non-hydrogen) atoms. The first kappa shape index (κ1) is 19.6. The number of hydrogen-bond donors (Lipinski definition) is 0. The molecule has 6 nitrogen and oxygen atoms in total. The summed E-state index contributed by atoms with van der Waals surface area (Å²) < 4.78 is 11.0. The highest BCUT2D eigenvalue weighted by molar-refractivity contribution is 7.10. The highest BCUT2D eigenvalue weighted by Gasteiger charge is 2.28. The quantitative estimate of drug-likeness (QED) is 0.738. The maximum atomic E-state index is 13.2. The highest BCUT2D eigenvalue weighted by atomic mass is 32.1. The number of rotatable bonds is 6. The van der Waals surface area contributed by atoms with Crippen LogP contribution >= 0.6 is 11.3 Å². The molecule has 2 aliphatic rings. The summed E-state index contributed by atoms with van der Waals surface area (Å²) in [6.07, 6.45) is 3.28. The summed E-state index contributed by atoms with van der Waals surface area (Å²) in [6, 6.07) is 0. The van der Waals surface area contributed by atoms with E-state index in [4.69, 9.17) is 9.26 Å². The standard InChI is InChI=1S/C21H29N3O3S/c1-4-24(10-16-6-5-9-26-16)21(25)19-13-28-20-12-23(8-7-17(19)20)11-18-14(2)22-27-15(18)3/h13,16H,4-12H2,1-3H3. The number of carbonyl (C=O) groups is 1. The average molecular weight is 404 g/mol. The van der Waals surface area contributed by atoms with Gasteiger partial charge >= 0.3 is 0 Å². The maximum Gasteiger partial charge on any atom is 0.255 e. The first-order chi connectivity index (χ1) is 13.6. The fourth-order valence-corrected chi connectivity index (χ4v) is 5.32. The molecular formula is C21H29N3O3S. The van der Waals surface area contributed by atoms with E-state index >= 15 is 0 Å². The monoisotopic (exact) mass is 403 g/mol. The van der Waals surface area contributed by atoms with Crippen molar-refractivity contribution in [2.75, 3.05) is 26.2 Å². The van der Waals surface area contributed by atoms with Gasteiger partial charge in [0, 0.05) is 55.2 Å². The summed E-state index contributed by atoms with van der Waals surface area (Å²) in [4.78, 5) is 18.9. The largest absolute Gasteiger partial charge is 0.376 e. The molecule has 4 heterocycles. The zero-order chi connectivity index (χ0) is 19.7. The zero-order valence-electron chi connectivity index (χ0n) is 17.0. The van der Waals surface area contributed by atoms with E-state index in [1.807, 2.05) is 18.7 Å². The van der Waals surface area contributed by atoms with Crippen molar-refractivity contribution in [1.29, 1.82) is 0 Å². The summed E-state index contributed by atoms with van der Waals surface area (Å²) in [5, 5.41) is 6.12. The van der Waals surface area contributed by atoms with Crippen LogP contribution in [-0.4, -0.2) is 53.2 Å². The fourth-order valence-electron chi connectivity index (χ4n) is 4.21. The first-order valence-corrected chi connectivity index (χ1v) is 11.1. The lowest BCUT2D eigenvalue weighted by molar-refractivity contribution is 0.0538. The van der Waals surface area contributed by atoms with E-state index in [2.05, 4.69) is 22.4 Å². The second-order valence-electron chi connectivity index (χ2n) is 7.79. The van der Waals surface area contributed by atoms with Crippen molar-refractivity contribution in [1.82, 2.24) is 15.0 Å². The molecule has 7 heteroatoms. The number of likely N-dealkylation sites (N-methyl/N-ethyl adjacent to an activating group) is 1. The molecule has 0 aromatic carbocycles. The Kier molecular flexibility index (Phi) is 5.85. The van der Waals surface area contributed by atoms with Crippen molar-refractivity contribution in [3.05, 3.63) is 38.4 Å². The van der Waals surface area contributed by atoms with Crippen molar-refractivity contribution in [2.45, 2.75) is 59.2 Å². The SMILES string of the molecule is CCN(CC1CCCO1)C(=O)c1csc2c1CCN(Cc1c(C)noc1C)C2. The van der Waals surface area contributed by atoms with E-state index in [9.17, 15) is 4.79 Å². The van der Waals surface area contributed by atoms with E-state index in [-0.39, 0.29) is 12.0 Å². The zero-order valence-corrected chi connectivity index (χ0v) is 17.8. The molecule has 152 valence electrons. The Labute approximate surface area is 170 Å². The average Bonchev–Trinajstić information content (AvgIpc) is 3.42. The molecule has 1 amide bonds. The highest BCUT2D eigenvalue weighted by Crippen LogP contribution is 2.31. The topological polar surface area (TPSA) is 58.8 Å². The van der Waals surface area contributed by atoms with Gasteiger partial charge in [-0.25, -0.2) is 0 Å². The Bertz CT molecular complexity index is 819. The number of carbonyl (C=O) groups excluding carboxylic acids is 1. The predicted molar refractivity (Wildman–Crippen MR) is 109 cm³/mol. The summed E-state index contributed by atoms with van der Waals surface area (Å²) in [5.41, 5.74) is 4.30. The van der Waals surface area contributed by atoms with Crippen molar-refractivity contribution >= 4 is 17.2 Å². The van der Waals surface area contributed by atoms with Gasteiger partial charge < -0.3 is 14.2 Å². The van der Waals surface area contributed by atoms with Gasteiger partial charge in [0.1, 0.15) is 5.76 Å². The molecule has 0 aliphatic carbocycles. The van der Waals surface area contributed by atoms with Crippen molar-refractivity contribution in [2.24, 2.45) is 0 Å². The Morgan fingerprint density at radius 1 is 1.43 bits per heavy atom. The number of thiophene rings is 1. The number of nitrogens with zero attached hydrogens (tertiary/aromatic N) is 3. The lowest BCUT2D eigenvalue weighted by Crippen LogP contribution is -2.38. The van der Waals surface area contributed by atoms with Crippen LogP contribution in [0.25, 0.3) is 0 Å². The number of aryl methyl sites for hydroxylation is 2. The van der Waals surface area contributed by atoms with Crippen LogP contribution in [0.5, 0.6) is 0 Å². The summed E-state index contributed by atoms with van der Waals surface area (Å²) >= 11 is 1.72. The number of amides is 1. The van der Waals surface area contributed by atoms with E-state index in [1.165, 1.54) is 16.0 Å². The van der Waals surface area contributed by atoms with Gasteiger partial charge in [-0.15, -0.1) is 11.3 Å². The third kappa shape index (κ3) is 3.88. The van der Waals surface area contributed by atoms with Crippen molar-refractivity contribution < 1.29 is 14.1 Å². The van der Waals surface area contributed by atoms with Crippen LogP contribution in [0.4, 0.5) is 0 Å². The molecule has 1 unspecified atom stereocenters. The molecule has 0 saturated carbocycles. The molecule has 4 rings (SSSR count). The maximum absolute atomic E-state index is 13.2. The fraction of sp³-hybridized carbons (Fsp3) is 0.619. The van der Waals surface area contributed by atoms with Gasteiger partial charge in [-0.1, -0.05) is 5.16 Å².